The van der Waals surface area contributed by atoms with E-state index in [2.05, 4.69) is 0 Å². The maximum absolute atomic E-state index is 10.8. The number of fused-ring (bicyclic) bond motifs is 1. The highest BCUT2D eigenvalue weighted by atomic mass is 32.1. The Morgan fingerprint density at radius 3 is 2.82 bits per heavy atom. The van der Waals surface area contributed by atoms with Crippen LogP contribution in [0.25, 0.3) is 21.4 Å². The van der Waals surface area contributed by atoms with E-state index in [-0.39, 0.29) is 0 Å². The summed E-state index contributed by atoms with van der Waals surface area (Å²) in [6, 6.07) is 11.2. The third kappa shape index (κ3) is 1.72. The number of rotatable bonds is 2. The third-order valence-corrected chi connectivity index (χ3v) is 3.68. The van der Waals surface area contributed by atoms with Gasteiger partial charge in [0, 0.05) is 10.3 Å². The minimum atomic E-state index is -0.884. The number of benzene rings is 1. The van der Waals surface area contributed by atoms with E-state index in [1.807, 2.05) is 30.3 Å². The molecule has 1 N–H and O–H groups in total. The monoisotopic (exact) mass is 244 g/mol. The molecule has 0 unspecified atom stereocenters. The number of thiophene rings is 1. The predicted molar refractivity (Wildman–Crippen MR) is 66.5 cm³/mol. The predicted octanol–water partition coefficient (Wildman–Crippen LogP) is 3.86. The first kappa shape index (κ1) is 10.1. The van der Waals surface area contributed by atoms with Crippen LogP contribution in [0, 0.1) is 0 Å². The van der Waals surface area contributed by atoms with Gasteiger partial charge in [-0.25, -0.2) is 4.79 Å². The van der Waals surface area contributed by atoms with Gasteiger partial charge in [-0.05, 0) is 42.0 Å². The number of furan rings is 1. The van der Waals surface area contributed by atoms with E-state index < -0.39 is 5.97 Å². The average molecular weight is 244 g/mol. The van der Waals surface area contributed by atoms with Gasteiger partial charge in [-0.2, -0.15) is 0 Å². The molecule has 3 nitrogen and oxygen atoms in total. The molecule has 0 spiro atoms. The number of hydrogen-bond donors (Lipinski definition) is 1. The highest BCUT2D eigenvalue weighted by Gasteiger charge is 2.09. The van der Waals surface area contributed by atoms with Gasteiger partial charge in [-0.3, -0.25) is 0 Å². The van der Waals surface area contributed by atoms with Gasteiger partial charge in [0.25, 0.3) is 0 Å². The Bertz CT molecular complexity index is 693. The second-order valence-electron chi connectivity index (χ2n) is 3.64. The van der Waals surface area contributed by atoms with Crippen molar-refractivity contribution in [3.05, 3.63) is 47.5 Å². The minimum Gasteiger partial charge on any atom is -0.477 e. The number of carboxylic acid groups (broad SMARTS) is 1. The van der Waals surface area contributed by atoms with Gasteiger partial charge < -0.3 is 9.52 Å². The summed E-state index contributed by atoms with van der Waals surface area (Å²) in [5, 5.41) is 9.90. The fourth-order valence-corrected chi connectivity index (χ4v) is 2.57. The van der Waals surface area contributed by atoms with Crippen LogP contribution in [0.5, 0.6) is 0 Å². The largest absolute Gasteiger partial charge is 0.477 e. The van der Waals surface area contributed by atoms with Crippen LogP contribution in [0.3, 0.4) is 0 Å². The Morgan fingerprint density at radius 1 is 1.18 bits per heavy atom. The molecule has 0 aliphatic rings. The SMILES string of the molecule is O=C(O)c1ccc(-c2ccc3occc3c2)s1. The van der Waals surface area contributed by atoms with E-state index in [0.717, 1.165) is 21.4 Å². The quantitative estimate of drug-likeness (QED) is 0.744. The second kappa shape index (κ2) is 3.75. The van der Waals surface area contributed by atoms with Crippen LogP contribution < -0.4 is 0 Å². The lowest BCUT2D eigenvalue weighted by atomic mass is 10.1. The number of carboxylic acids is 1. The summed E-state index contributed by atoms with van der Waals surface area (Å²) >= 11 is 1.28. The highest BCUT2D eigenvalue weighted by molar-refractivity contribution is 7.17. The van der Waals surface area contributed by atoms with Crippen LogP contribution in [0.2, 0.25) is 0 Å². The molecule has 0 atom stereocenters. The van der Waals surface area contributed by atoms with Crippen LogP contribution >= 0.6 is 11.3 Å². The zero-order chi connectivity index (χ0) is 11.8. The molecule has 4 heteroatoms. The Kier molecular flexibility index (Phi) is 2.23. The summed E-state index contributed by atoms with van der Waals surface area (Å²) in [5.74, 6) is -0.884. The molecule has 2 heterocycles. The van der Waals surface area contributed by atoms with Crippen molar-refractivity contribution in [3.8, 4) is 10.4 Å². The van der Waals surface area contributed by atoms with Gasteiger partial charge >= 0.3 is 5.97 Å². The van der Waals surface area contributed by atoms with E-state index >= 15 is 0 Å². The van der Waals surface area contributed by atoms with Gasteiger partial charge in [0.05, 0.1) is 6.26 Å². The maximum Gasteiger partial charge on any atom is 0.345 e. The lowest BCUT2D eigenvalue weighted by molar-refractivity contribution is 0.0702. The van der Waals surface area contributed by atoms with Crippen molar-refractivity contribution in [3.63, 3.8) is 0 Å². The zero-order valence-corrected chi connectivity index (χ0v) is 9.53. The van der Waals surface area contributed by atoms with Crippen molar-refractivity contribution in [2.75, 3.05) is 0 Å². The van der Waals surface area contributed by atoms with Crippen molar-refractivity contribution in [2.45, 2.75) is 0 Å². The van der Waals surface area contributed by atoms with Crippen molar-refractivity contribution >= 4 is 28.3 Å². The molecular weight excluding hydrogens is 236 g/mol. The fourth-order valence-electron chi connectivity index (χ4n) is 1.73. The Labute approximate surface area is 101 Å². The van der Waals surface area contributed by atoms with Crippen LogP contribution in [-0.2, 0) is 0 Å². The minimum absolute atomic E-state index is 0.354. The van der Waals surface area contributed by atoms with Gasteiger partial charge in [0.15, 0.2) is 0 Å². The summed E-state index contributed by atoms with van der Waals surface area (Å²) in [6.45, 7) is 0. The standard InChI is InChI=1S/C13H8O3S/c14-13(15)12-4-3-11(17-12)9-1-2-10-8(7-9)5-6-16-10/h1-7H,(H,14,15). The molecular formula is C13H8O3S. The van der Waals surface area contributed by atoms with Gasteiger partial charge in [0.2, 0.25) is 0 Å². The summed E-state index contributed by atoms with van der Waals surface area (Å²) in [6.07, 6.45) is 1.64. The molecule has 0 aliphatic carbocycles. The van der Waals surface area contributed by atoms with Gasteiger partial charge in [-0.15, -0.1) is 11.3 Å². The average Bonchev–Trinajstić information content (AvgIpc) is 2.97. The van der Waals surface area contributed by atoms with Crippen LogP contribution in [0.15, 0.2) is 47.1 Å². The normalized spacial score (nSPS) is 10.8. The molecule has 3 aromatic rings. The molecule has 0 saturated heterocycles. The Hall–Kier alpha value is -2.07. The number of carbonyl (C=O) groups is 1. The molecule has 17 heavy (non-hydrogen) atoms. The molecule has 0 fully saturated rings. The molecule has 0 radical (unpaired) electrons. The first-order chi connectivity index (χ1) is 8.24. The van der Waals surface area contributed by atoms with Gasteiger partial charge in [0.1, 0.15) is 10.5 Å². The van der Waals surface area contributed by atoms with Crippen LogP contribution in [-0.4, -0.2) is 11.1 Å². The summed E-state index contributed by atoms with van der Waals surface area (Å²) in [7, 11) is 0. The number of hydrogen-bond acceptors (Lipinski definition) is 3. The highest BCUT2D eigenvalue weighted by Crippen LogP contribution is 2.30. The van der Waals surface area contributed by atoms with Gasteiger partial charge in [-0.1, -0.05) is 0 Å². The van der Waals surface area contributed by atoms with Crippen molar-refractivity contribution in [1.29, 1.82) is 0 Å². The summed E-state index contributed by atoms with van der Waals surface area (Å²) < 4.78 is 5.26. The topological polar surface area (TPSA) is 50.4 Å². The second-order valence-corrected chi connectivity index (χ2v) is 4.73. The summed E-state index contributed by atoms with van der Waals surface area (Å²) in [4.78, 5) is 12.1. The molecule has 0 amide bonds. The first-order valence-electron chi connectivity index (χ1n) is 5.05. The lowest BCUT2D eigenvalue weighted by Crippen LogP contribution is -1.89. The van der Waals surface area contributed by atoms with Crippen LogP contribution in [0.4, 0.5) is 0 Å². The molecule has 84 valence electrons. The summed E-state index contributed by atoms with van der Waals surface area (Å²) in [5.41, 5.74) is 1.85. The third-order valence-electron chi connectivity index (χ3n) is 2.55. The Morgan fingerprint density at radius 2 is 2.06 bits per heavy atom. The first-order valence-corrected chi connectivity index (χ1v) is 5.86. The molecule has 0 bridgehead atoms. The van der Waals surface area contributed by atoms with Crippen LogP contribution in [0.1, 0.15) is 9.67 Å². The number of aromatic carboxylic acids is 1. The van der Waals surface area contributed by atoms with Crippen molar-refractivity contribution in [1.82, 2.24) is 0 Å². The van der Waals surface area contributed by atoms with E-state index in [9.17, 15) is 4.79 Å². The molecule has 0 saturated carbocycles. The maximum atomic E-state index is 10.8. The lowest BCUT2D eigenvalue weighted by Gasteiger charge is -1.96. The fraction of sp³-hybridized carbons (Fsp3) is 0. The van der Waals surface area contributed by atoms with Crippen molar-refractivity contribution in [2.24, 2.45) is 0 Å². The molecule has 2 aromatic heterocycles. The zero-order valence-electron chi connectivity index (χ0n) is 8.71. The smallest absolute Gasteiger partial charge is 0.345 e. The molecule has 3 rings (SSSR count). The Balaban J connectivity index is 2.09. The van der Waals surface area contributed by atoms with Crippen molar-refractivity contribution < 1.29 is 14.3 Å². The van der Waals surface area contributed by atoms with E-state index in [1.165, 1.54) is 11.3 Å². The van der Waals surface area contributed by atoms with E-state index in [1.54, 1.807) is 12.3 Å². The molecule has 0 aliphatic heterocycles. The molecule has 1 aromatic carbocycles. The van der Waals surface area contributed by atoms with E-state index in [0.29, 0.717) is 4.88 Å². The van der Waals surface area contributed by atoms with E-state index in [4.69, 9.17) is 9.52 Å².